The summed E-state index contributed by atoms with van der Waals surface area (Å²) in [5, 5.41) is 7.57. The summed E-state index contributed by atoms with van der Waals surface area (Å²) in [6.45, 7) is 1.07. The summed E-state index contributed by atoms with van der Waals surface area (Å²) in [5.74, 6) is 0.750. The first kappa shape index (κ1) is 18.0. The third-order valence-electron chi connectivity index (χ3n) is 3.52. The number of amides is 2. The summed E-state index contributed by atoms with van der Waals surface area (Å²) in [5.41, 5.74) is 1.07. The fourth-order valence-corrected chi connectivity index (χ4v) is 2.92. The SMILES string of the molecule is COc1ccccc1CCNC(=O)CCCNC(=O)c1cccs1. The molecule has 2 rings (SSSR count). The second-order valence-corrected chi connectivity index (χ2v) is 6.20. The molecule has 2 N–H and O–H groups in total. The fraction of sp³-hybridized carbons (Fsp3) is 0.333. The quantitative estimate of drug-likeness (QED) is 0.686. The lowest BCUT2D eigenvalue weighted by Gasteiger charge is -2.09. The Hall–Kier alpha value is -2.34. The molecule has 1 heterocycles. The highest BCUT2D eigenvalue weighted by Gasteiger charge is 2.07. The van der Waals surface area contributed by atoms with E-state index in [4.69, 9.17) is 4.74 Å². The van der Waals surface area contributed by atoms with Crippen molar-refractivity contribution in [2.24, 2.45) is 0 Å². The van der Waals surface area contributed by atoms with Crippen molar-refractivity contribution in [3.8, 4) is 5.75 Å². The molecule has 128 valence electrons. The molecule has 0 unspecified atom stereocenters. The molecule has 0 radical (unpaired) electrons. The predicted molar refractivity (Wildman–Crippen MR) is 95.6 cm³/mol. The highest BCUT2D eigenvalue weighted by Crippen LogP contribution is 2.17. The number of benzene rings is 1. The summed E-state index contributed by atoms with van der Waals surface area (Å²) in [7, 11) is 1.64. The number of methoxy groups -OCH3 is 1. The van der Waals surface area contributed by atoms with Crippen molar-refractivity contribution >= 4 is 23.2 Å². The molecule has 0 aliphatic carbocycles. The lowest BCUT2D eigenvalue weighted by atomic mass is 10.1. The molecule has 0 atom stereocenters. The number of carbonyl (C=O) groups excluding carboxylic acids is 2. The van der Waals surface area contributed by atoms with Crippen LogP contribution in [0.3, 0.4) is 0 Å². The van der Waals surface area contributed by atoms with Crippen molar-refractivity contribution in [2.45, 2.75) is 19.3 Å². The molecule has 2 aromatic rings. The van der Waals surface area contributed by atoms with Crippen molar-refractivity contribution < 1.29 is 14.3 Å². The van der Waals surface area contributed by atoms with E-state index >= 15 is 0 Å². The predicted octanol–water partition coefficient (Wildman–Crippen LogP) is 2.63. The Bertz CT molecular complexity index is 656. The van der Waals surface area contributed by atoms with E-state index in [1.807, 2.05) is 35.7 Å². The standard InChI is InChI=1S/C18H22N2O3S/c1-23-15-7-3-2-6-14(15)10-12-19-17(21)9-4-11-20-18(22)16-8-5-13-24-16/h2-3,5-8,13H,4,9-12H2,1H3,(H,19,21)(H,20,22). The Kier molecular flexibility index (Phi) is 7.29. The van der Waals surface area contributed by atoms with Crippen LogP contribution >= 0.6 is 11.3 Å². The number of ether oxygens (including phenoxy) is 1. The van der Waals surface area contributed by atoms with Crippen molar-refractivity contribution in [1.82, 2.24) is 10.6 Å². The maximum atomic E-state index is 11.8. The number of carbonyl (C=O) groups is 2. The maximum Gasteiger partial charge on any atom is 0.261 e. The Balaban J connectivity index is 1.59. The van der Waals surface area contributed by atoms with Gasteiger partial charge in [0, 0.05) is 19.5 Å². The highest BCUT2D eigenvalue weighted by molar-refractivity contribution is 7.12. The van der Waals surface area contributed by atoms with Gasteiger partial charge in [0.2, 0.25) is 5.91 Å². The van der Waals surface area contributed by atoms with Crippen LogP contribution in [0.4, 0.5) is 0 Å². The normalized spacial score (nSPS) is 10.2. The van der Waals surface area contributed by atoms with E-state index < -0.39 is 0 Å². The van der Waals surface area contributed by atoms with Gasteiger partial charge < -0.3 is 15.4 Å². The van der Waals surface area contributed by atoms with E-state index in [-0.39, 0.29) is 11.8 Å². The van der Waals surface area contributed by atoms with Gasteiger partial charge in [-0.25, -0.2) is 0 Å². The number of hydrogen-bond donors (Lipinski definition) is 2. The van der Waals surface area contributed by atoms with Gasteiger partial charge in [0.1, 0.15) is 5.75 Å². The highest BCUT2D eigenvalue weighted by atomic mass is 32.1. The summed E-state index contributed by atoms with van der Waals surface area (Å²) < 4.78 is 5.28. The van der Waals surface area contributed by atoms with Crippen molar-refractivity contribution in [3.05, 3.63) is 52.2 Å². The summed E-state index contributed by atoms with van der Waals surface area (Å²) in [6, 6.07) is 11.4. The van der Waals surface area contributed by atoms with Crippen molar-refractivity contribution in [3.63, 3.8) is 0 Å². The van der Waals surface area contributed by atoms with Crippen LogP contribution in [-0.2, 0) is 11.2 Å². The maximum absolute atomic E-state index is 11.8. The third kappa shape index (κ3) is 5.70. The molecule has 0 saturated heterocycles. The second-order valence-electron chi connectivity index (χ2n) is 5.25. The number of hydrogen-bond acceptors (Lipinski definition) is 4. The van der Waals surface area contributed by atoms with Gasteiger partial charge in [-0.2, -0.15) is 0 Å². The molecule has 0 spiro atoms. The minimum absolute atomic E-state index is 0.00438. The van der Waals surface area contributed by atoms with E-state index in [1.54, 1.807) is 13.2 Å². The molecule has 6 heteroatoms. The third-order valence-corrected chi connectivity index (χ3v) is 4.39. The molecule has 24 heavy (non-hydrogen) atoms. The average molecular weight is 346 g/mol. The second kappa shape index (κ2) is 9.72. The molecule has 0 saturated carbocycles. The number of thiophene rings is 1. The van der Waals surface area contributed by atoms with Crippen LogP contribution in [0.5, 0.6) is 5.75 Å². The Morgan fingerprint density at radius 2 is 1.92 bits per heavy atom. The van der Waals surface area contributed by atoms with Crippen LogP contribution in [0.1, 0.15) is 28.1 Å². The van der Waals surface area contributed by atoms with Gasteiger partial charge in [0.05, 0.1) is 12.0 Å². The van der Waals surface area contributed by atoms with Gasteiger partial charge in [-0.15, -0.1) is 11.3 Å². The van der Waals surface area contributed by atoms with Gasteiger partial charge in [-0.1, -0.05) is 24.3 Å². The largest absolute Gasteiger partial charge is 0.496 e. The minimum atomic E-state index is -0.0819. The summed E-state index contributed by atoms with van der Waals surface area (Å²) >= 11 is 1.41. The first-order chi connectivity index (χ1) is 11.7. The van der Waals surface area contributed by atoms with Gasteiger partial charge in [-0.3, -0.25) is 9.59 Å². The molecular weight excluding hydrogens is 324 g/mol. The lowest BCUT2D eigenvalue weighted by Crippen LogP contribution is -2.28. The van der Waals surface area contributed by atoms with Crippen LogP contribution in [0, 0.1) is 0 Å². The molecule has 0 fully saturated rings. The molecule has 2 amide bonds. The van der Waals surface area contributed by atoms with Gasteiger partial charge in [-0.05, 0) is 35.9 Å². The van der Waals surface area contributed by atoms with E-state index in [2.05, 4.69) is 10.6 Å². The molecule has 1 aromatic carbocycles. The molecule has 1 aromatic heterocycles. The van der Waals surface area contributed by atoms with E-state index in [9.17, 15) is 9.59 Å². The molecule has 0 aliphatic rings. The minimum Gasteiger partial charge on any atom is -0.496 e. The smallest absolute Gasteiger partial charge is 0.261 e. The van der Waals surface area contributed by atoms with Crippen molar-refractivity contribution in [1.29, 1.82) is 0 Å². The van der Waals surface area contributed by atoms with Crippen LogP contribution in [0.2, 0.25) is 0 Å². The number of para-hydroxylation sites is 1. The topological polar surface area (TPSA) is 67.4 Å². The van der Waals surface area contributed by atoms with Crippen LogP contribution < -0.4 is 15.4 Å². The molecule has 5 nitrogen and oxygen atoms in total. The van der Waals surface area contributed by atoms with Gasteiger partial charge in [0.15, 0.2) is 0 Å². The zero-order chi connectivity index (χ0) is 17.2. The van der Waals surface area contributed by atoms with Crippen LogP contribution in [0.25, 0.3) is 0 Å². The zero-order valence-corrected chi connectivity index (χ0v) is 14.5. The molecule has 0 aliphatic heterocycles. The average Bonchev–Trinajstić information content (AvgIpc) is 3.13. The Morgan fingerprint density at radius 1 is 1.08 bits per heavy atom. The Morgan fingerprint density at radius 3 is 2.67 bits per heavy atom. The summed E-state index contributed by atoms with van der Waals surface area (Å²) in [4.78, 5) is 24.2. The lowest BCUT2D eigenvalue weighted by molar-refractivity contribution is -0.121. The number of nitrogens with one attached hydrogen (secondary N) is 2. The van der Waals surface area contributed by atoms with Gasteiger partial charge >= 0.3 is 0 Å². The monoisotopic (exact) mass is 346 g/mol. The molecular formula is C18H22N2O3S. The Labute approximate surface area is 146 Å². The van der Waals surface area contributed by atoms with E-state index in [0.717, 1.165) is 17.7 Å². The zero-order valence-electron chi connectivity index (χ0n) is 13.7. The fourth-order valence-electron chi connectivity index (χ4n) is 2.28. The molecule has 0 bridgehead atoms. The van der Waals surface area contributed by atoms with E-state index in [1.165, 1.54) is 11.3 Å². The number of rotatable bonds is 9. The van der Waals surface area contributed by atoms with Crippen LogP contribution in [-0.4, -0.2) is 32.0 Å². The first-order valence-electron chi connectivity index (χ1n) is 7.91. The first-order valence-corrected chi connectivity index (χ1v) is 8.79. The van der Waals surface area contributed by atoms with Crippen LogP contribution in [0.15, 0.2) is 41.8 Å². The van der Waals surface area contributed by atoms with E-state index in [0.29, 0.717) is 30.8 Å². The van der Waals surface area contributed by atoms with Crippen molar-refractivity contribution in [2.75, 3.05) is 20.2 Å². The van der Waals surface area contributed by atoms with Gasteiger partial charge in [0.25, 0.3) is 5.91 Å². The summed E-state index contributed by atoms with van der Waals surface area (Å²) in [6.07, 6.45) is 1.75.